The van der Waals surface area contributed by atoms with Gasteiger partial charge in [-0.3, -0.25) is 10.1 Å². The van der Waals surface area contributed by atoms with E-state index in [1.165, 1.54) is 35.6 Å². The summed E-state index contributed by atoms with van der Waals surface area (Å²) in [6, 6.07) is 10.8. The van der Waals surface area contributed by atoms with E-state index < -0.39 is 10.9 Å². The van der Waals surface area contributed by atoms with Gasteiger partial charge in [-0.2, -0.15) is 0 Å². The molecule has 0 unspecified atom stereocenters. The third-order valence-corrected chi connectivity index (χ3v) is 4.48. The molecule has 0 N–H and O–H groups in total. The largest absolute Gasteiger partial charge is 0.452 e. The summed E-state index contributed by atoms with van der Waals surface area (Å²) in [5.41, 5.74) is 3.42. The zero-order valence-electron chi connectivity index (χ0n) is 13.6. The Labute approximate surface area is 155 Å². The summed E-state index contributed by atoms with van der Waals surface area (Å²) in [5, 5.41) is 18.4. The summed E-state index contributed by atoms with van der Waals surface area (Å²) < 4.78 is 11.5. The van der Waals surface area contributed by atoms with Crippen molar-refractivity contribution in [3.63, 3.8) is 0 Å². The minimum absolute atomic E-state index is 0.0367. The Hall–Kier alpha value is -3.66. The minimum atomic E-state index is -0.514. The molecule has 4 rings (SSSR count). The first kappa shape index (κ1) is 16.8. The average molecular weight is 382 g/mol. The summed E-state index contributed by atoms with van der Waals surface area (Å²) in [4.78, 5) is 26.5. The molecule has 0 aliphatic carbocycles. The zero-order valence-corrected chi connectivity index (χ0v) is 14.4. The first-order valence-electron chi connectivity index (χ1n) is 7.68. The van der Waals surface area contributed by atoms with Crippen LogP contribution in [-0.2, 0) is 11.3 Å². The van der Waals surface area contributed by atoms with Crippen molar-refractivity contribution in [2.45, 2.75) is 6.61 Å². The molecule has 0 bridgehead atoms. The Morgan fingerprint density at radius 2 is 2.00 bits per heavy atom. The number of nitro benzene ring substituents is 1. The van der Waals surface area contributed by atoms with Gasteiger partial charge in [0, 0.05) is 17.7 Å². The summed E-state index contributed by atoms with van der Waals surface area (Å²) in [5.74, 6) is -0.210. The van der Waals surface area contributed by atoms with E-state index in [2.05, 4.69) is 15.2 Å². The van der Waals surface area contributed by atoms with Gasteiger partial charge in [0.15, 0.2) is 6.61 Å². The van der Waals surface area contributed by atoms with E-state index in [9.17, 15) is 14.9 Å². The topological polar surface area (TPSA) is 121 Å². The number of esters is 1. The maximum Gasteiger partial charge on any atom is 0.338 e. The van der Waals surface area contributed by atoms with Crippen LogP contribution in [0.3, 0.4) is 0 Å². The number of carbonyl (C=O) groups is 1. The standard InChI is InChI=1S/C17H10N4O5S/c22-17(11-3-6-13-14(7-11)27-9-18-13)25-8-15-19-20-16(26-15)10-1-4-12(5-2-10)21(23)24/h1-7,9H,8H2. The smallest absolute Gasteiger partial charge is 0.338 e. The van der Waals surface area contributed by atoms with Crippen LogP contribution in [0, 0.1) is 10.1 Å². The lowest BCUT2D eigenvalue weighted by Crippen LogP contribution is -2.05. The molecule has 0 atom stereocenters. The third-order valence-electron chi connectivity index (χ3n) is 3.69. The molecule has 4 aromatic rings. The van der Waals surface area contributed by atoms with E-state index in [1.807, 2.05) is 0 Å². The molecule has 0 saturated heterocycles. The zero-order chi connectivity index (χ0) is 18.8. The molecule has 0 radical (unpaired) electrons. The molecule has 0 saturated carbocycles. The second-order valence-electron chi connectivity index (χ2n) is 5.42. The number of benzene rings is 2. The molecular weight excluding hydrogens is 372 g/mol. The lowest BCUT2D eigenvalue weighted by Gasteiger charge is -2.02. The van der Waals surface area contributed by atoms with E-state index in [0.717, 1.165) is 10.2 Å². The molecule has 0 aliphatic rings. The van der Waals surface area contributed by atoms with Gasteiger partial charge in [-0.15, -0.1) is 21.5 Å². The van der Waals surface area contributed by atoms with Crippen LogP contribution in [0.5, 0.6) is 0 Å². The average Bonchev–Trinajstić information content (AvgIpc) is 3.35. The number of ether oxygens (including phenoxy) is 1. The minimum Gasteiger partial charge on any atom is -0.452 e. The summed E-state index contributed by atoms with van der Waals surface area (Å²) in [6.45, 7) is -0.181. The van der Waals surface area contributed by atoms with Crippen molar-refractivity contribution in [3.05, 3.63) is 69.5 Å². The van der Waals surface area contributed by atoms with Gasteiger partial charge in [-0.25, -0.2) is 9.78 Å². The predicted molar refractivity (Wildman–Crippen MR) is 95.1 cm³/mol. The van der Waals surface area contributed by atoms with Crippen molar-refractivity contribution in [3.8, 4) is 11.5 Å². The molecule has 2 heterocycles. The second-order valence-corrected chi connectivity index (χ2v) is 6.30. The van der Waals surface area contributed by atoms with Crippen LogP contribution < -0.4 is 0 Å². The monoisotopic (exact) mass is 382 g/mol. The van der Waals surface area contributed by atoms with Gasteiger partial charge in [0.05, 0.1) is 26.2 Å². The Morgan fingerprint density at radius 3 is 2.78 bits per heavy atom. The van der Waals surface area contributed by atoms with E-state index in [4.69, 9.17) is 9.15 Å². The number of thiazole rings is 1. The van der Waals surface area contributed by atoms with Crippen LogP contribution >= 0.6 is 11.3 Å². The number of rotatable bonds is 5. The highest BCUT2D eigenvalue weighted by atomic mass is 32.1. The van der Waals surface area contributed by atoms with E-state index >= 15 is 0 Å². The first-order chi connectivity index (χ1) is 13.1. The summed E-state index contributed by atoms with van der Waals surface area (Å²) in [7, 11) is 0. The lowest BCUT2D eigenvalue weighted by atomic mass is 10.2. The van der Waals surface area contributed by atoms with Gasteiger partial charge in [0.2, 0.25) is 5.89 Å². The first-order valence-corrected chi connectivity index (χ1v) is 8.56. The van der Waals surface area contributed by atoms with Crippen molar-refractivity contribution in [2.24, 2.45) is 0 Å². The van der Waals surface area contributed by atoms with Crippen LogP contribution in [-0.4, -0.2) is 26.1 Å². The van der Waals surface area contributed by atoms with Crippen LogP contribution in [0.25, 0.3) is 21.7 Å². The fraction of sp³-hybridized carbons (Fsp3) is 0.0588. The van der Waals surface area contributed by atoms with Crippen molar-refractivity contribution < 1.29 is 18.9 Å². The predicted octanol–water partition coefficient (Wildman–Crippen LogP) is 3.61. The number of hydrogen-bond donors (Lipinski definition) is 0. The lowest BCUT2D eigenvalue weighted by molar-refractivity contribution is -0.384. The quantitative estimate of drug-likeness (QED) is 0.291. The maximum absolute atomic E-state index is 12.2. The molecule has 134 valence electrons. The van der Waals surface area contributed by atoms with Crippen LogP contribution in [0.15, 0.2) is 52.4 Å². The van der Waals surface area contributed by atoms with Gasteiger partial charge >= 0.3 is 5.97 Å². The van der Waals surface area contributed by atoms with E-state index in [1.54, 1.807) is 23.7 Å². The highest BCUT2D eigenvalue weighted by Gasteiger charge is 2.14. The Balaban J connectivity index is 1.43. The number of aromatic nitrogens is 3. The molecule has 9 nitrogen and oxygen atoms in total. The third kappa shape index (κ3) is 3.51. The van der Waals surface area contributed by atoms with Crippen LogP contribution in [0.1, 0.15) is 16.2 Å². The molecular formula is C17H10N4O5S. The number of carbonyl (C=O) groups excluding carboxylic acids is 1. The molecule has 10 heteroatoms. The van der Waals surface area contributed by atoms with Crippen molar-refractivity contribution in [1.29, 1.82) is 0 Å². The number of nitro groups is 1. The molecule has 27 heavy (non-hydrogen) atoms. The van der Waals surface area contributed by atoms with Crippen LogP contribution in [0.4, 0.5) is 5.69 Å². The second kappa shape index (κ2) is 6.92. The van der Waals surface area contributed by atoms with Gasteiger partial charge in [-0.1, -0.05) is 0 Å². The van der Waals surface area contributed by atoms with Gasteiger partial charge in [0.1, 0.15) is 0 Å². The fourth-order valence-electron chi connectivity index (χ4n) is 2.35. The van der Waals surface area contributed by atoms with Gasteiger partial charge in [-0.05, 0) is 30.3 Å². The van der Waals surface area contributed by atoms with Crippen molar-refractivity contribution in [2.75, 3.05) is 0 Å². The summed E-state index contributed by atoms with van der Waals surface area (Å²) >= 11 is 1.44. The maximum atomic E-state index is 12.2. The molecule has 0 fully saturated rings. The normalized spacial score (nSPS) is 10.8. The number of fused-ring (bicyclic) bond motifs is 1. The van der Waals surface area contributed by atoms with Gasteiger partial charge < -0.3 is 9.15 Å². The Bertz CT molecular complexity index is 1140. The molecule has 0 spiro atoms. The number of nitrogens with zero attached hydrogens (tertiary/aromatic N) is 4. The van der Waals surface area contributed by atoms with Crippen molar-refractivity contribution in [1.82, 2.24) is 15.2 Å². The summed E-state index contributed by atoms with van der Waals surface area (Å²) in [6.07, 6.45) is 0. The van der Waals surface area contributed by atoms with Crippen molar-refractivity contribution >= 4 is 33.2 Å². The number of hydrogen-bond acceptors (Lipinski definition) is 9. The highest BCUT2D eigenvalue weighted by Crippen LogP contribution is 2.22. The fourth-order valence-corrected chi connectivity index (χ4v) is 3.06. The van der Waals surface area contributed by atoms with Crippen LogP contribution in [0.2, 0.25) is 0 Å². The highest BCUT2D eigenvalue weighted by molar-refractivity contribution is 7.16. The number of non-ortho nitro benzene ring substituents is 1. The molecule has 2 aromatic carbocycles. The molecule has 2 aromatic heterocycles. The Kier molecular flexibility index (Phi) is 4.30. The molecule has 0 aliphatic heterocycles. The van der Waals surface area contributed by atoms with Gasteiger partial charge in [0.25, 0.3) is 11.6 Å². The SMILES string of the molecule is O=C(OCc1nnc(-c2ccc([N+](=O)[O-])cc2)o1)c1ccc2ncsc2c1. The van der Waals surface area contributed by atoms with E-state index in [-0.39, 0.29) is 24.1 Å². The molecule has 0 amide bonds. The Morgan fingerprint density at radius 1 is 1.19 bits per heavy atom. The van der Waals surface area contributed by atoms with E-state index in [0.29, 0.717) is 11.1 Å².